The van der Waals surface area contributed by atoms with E-state index in [0.717, 1.165) is 25.1 Å². The van der Waals surface area contributed by atoms with Crippen molar-refractivity contribution in [2.75, 3.05) is 30.8 Å². The van der Waals surface area contributed by atoms with Crippen molar-refractivity contribution in [1.29, 1.82) is 0 Å². The summed E-state index contributed by atoms with van der Waals surface area (Å²) in [7, 11) is 1.89. The predicted molar refractivity (Wildman–Crippen MR) is 110 cm³/mol. The molecule has 1 aliphatic rings. The zero-order valence-corrected chi connectivity index (χ0v) is 15.8. The molecule has 1 fully saturated rings. The van der Waals surface area contributed by atoms with Crippen LogP contribution in [-0.4, -0.2) is 37.8 Å². The molecule has 5 heteroatoms. The molecule has 2 N–H and O–H groups in total. The maximum atomic E-state index is 11.4. The van der Waals surface area contributed by atoms with Crippen LogP contribution < -0.4 is 15.5 Å². The summed E-state index contributed by atoms with van der Waals surface area (Å²) in [6.07, 6.45) is 11.2. The van der Waals surface area contributed by atoms with E-state index in [4.69, 9.17) is 0 Å². The molecule has 0 aliphatic carbocycles. The molecule has 0 spiro atoms. The van der Waals surface area contributed by atoms with Gasteiger partial charge in [0.2, 0.25) is 5.91 Å². The van der Waals surface area contributed by atoms with Crippen LogP contribution in [0.2, 0.25) is 0 Å². The van der Waals surface area contributed by atoms with Gasteiger partial charge in [-0.05, 0) is 48.9 Å². The highest BCUT2D eigenvalue weighted by atomic mass is 32.1. The van der Waals surface area contributed by atoms with Crippen molar-refractivity contribution in [3.63, 3.8) is 0 Å². The Hall–Kier alpha value is -2.14. The average molecular weight is 358 g/mol. The second-order valence-corrected chi connectivity index (χ2v) is 6.31. The van der Waals surface area contributed by atoms with Gasteiger partial charge in [0, 0.05) is 31.9 Å². The summed E-state index contributed by atoms with van der Waals surface area (Å²) in [6.45, 7) is 3.84. The molecule has 4 nitrogen and oxygen atoms in total. The van der Waals surface area contributed by atoms with Gasteiger partial charge in [-0.1, -0.05) is 30.4 Å². The molecule has 1 heterocycles. The molecule has 1 unspecified atom stereocenters. The van der Waals surface area contributed by atoms with Crippen LogP contribution in [0.25, 0.3) is 6.08 Å². The van der Waals surface area contributed by atoms with E-state index in [1.807, 2.05) is 26.2 Å². The van der Waals surface area contributed by atoms with Crippen LogP contribution >= 0.6 is 12.6 Å². The van der Waals surface area contributed by atoms with Gasteiger partial charge in [-0.25, -0.2) is 0 Å². The number of allylic oxidation sites excluding steroid dienone is 4. The van der Waals surface area contributed by atoms with Crippen LogP contribution in [0.5, 0.6) is 0 Å². The van der Waals surface area contributed by atoms with Crippen molar-refractivity contribution in [1.82, 2.24) is 10.6 Å². The molecule has 1 amide bonds. The van der Waals surface area contributed by atoms with Gasteiger partial charge in [0.05, 0.1) is 5.75 Å². The summed E-state index contributed by atoms with van der Waals surface area (Å²) >= 11 is 4.01. The number of nitrogens with one attached hydrogen (secondary N) is 2. The number of carbonyl (C=O) groups is 1. The number of nitrogens with zero attached hydrogens (tertiary/aromatic N) is 1. The molecule has 0 aromatic heterocycles. The first-order valence-electron chi connectivity index (χ1n) is 8.59. The van der Waals surface area contributed by atoms with Gasteiger partial charge < -0.3 is 15.5 Å². The first-order valence-corrected chi connectivity index (χ1v) is 9.23. The molecule has 1 aromatic rings. The van der Waals surface area contributed by atoms with Crippen molar-refractivity contribution in [2.45, 2.75) is 19.4 Å². The van der Waals surface area contributed by atoms with E-state index < -0.39 is 0 Å². The number of benzene rings is 1. The number of rotatable bonds is 7. The van der Waals surface area contributed by atoms with Gasteiger partial charge in [-0.2, -0.15) is 12.6 Å². The quantitative estimate of drug-likeness (QED) is 0.519. The van der Waals surface area contributed by atoms with E-state index >= 15 is 0 Å². The van der Waals surface area contributed by atoms with E-state index in [9.17, 15) is 4.79 Å². The van der Waals surface area contributed by atoms with Crippen LogP contribution in [0.3, 0.4) is 0 Å². The normalized spacial score (nSPS) is 18.3. The Labute approximate surface area is 156 Å². The van der Waals surface area contributed by atoms with Gasteiger partial charge in [0.25, 0.3) is 0 Å². The maximum absolute atomic E-state index is 11.4. The fraction of sp³-hybridized carbons (Fsp3) is 0.350. The Bertz CT molecular complexity index is 649. The fourth-order valence-corrected chi connectivity index (χ4v) is 2.89. The first-order chi connectivity index (χ1) is 12.2. The Morgan fingerprint density at radius 1 is 1.32 bits per heavy atom. The number of amides is 1. The van der Waals surface area contributed by atoms with Crippen molar-refractivity contribution in [3.8, 4) is 0 Å². The standard InChI is InChI=1S/C20H27N3OS/c1-3-16(10-12-21-2)4-5-17-6-8-19(9-7-17)23-13-11-18(14-23)22-20(24)15-25/h3-10,12,18,21,25H,11,13-15H2,1-2H3,(H,22,24)/b5-4+,12-10-,16-3-. The van der Waals surface area contributed by atoms with Crippen LogP contribution in [0.4, 0.5) is 5.69 Å². The highest BCUT2D eigenvalue weighted by molar-refractivity contribution is 7.81. The lowest BCUT2D eigenvalue weighted by Gasteiger charge is -2.19. The second-order valence-electron chi connectivity index (χ2n) is 5.99. The minimum atomic E-state index is 0.00257. The minimum Gasteiger partial charge on any atom is -0.394 e. The van der Waals surface area contributed by atoms with Crippen LogP contribution in [0, 0.1) is 0 Å². The van der Waals surface area contributed by atoms with Gasteiger partial charge in [-0.15, -0.1) is 0 Å². The number of hydrogen-bond acceptors (Lipinski definition) is 4. The topological polar surface area (TPSA) is 44.4 Å². The molecule has 2 rings (SSSR count). The van der Waals surface area contributed by atoms with Crippen LogP contribution in [-0.2, 0) is 4.79 Å². The molecule has 134 valence electrons. The molecule has 1 aromatic carbocycles. The molecular weight excluding hydrogens is 330 g/mol. The highest BCUT2D eigenvalue weighted by Crippen LogP contribution is 2.21. The van der Waals surface area contributed by atoms with Gasteiger partial charge in [-0.3, -0.25) is 4.79 Å². The number of anilines is 1. The molecular formula is C20H27N3OS. The largest absolute Gasteiger partial charge is 0.394 e. The average Bonchev–Trinajstić information content (AvgIpc) is 3.10. The van der Waals surface area contributed by atoms with Crippen molar-refractivity contribution < 1.29 is 4.79 Å². The van der Waals surface area contributed by atoms with Crippen molar-refractivity contribution >= 4 is 30.3 Å². The zero-order valence-electron chi connectivity index (χ0n) is 14.9. The lowest BCUT2D eigenvalue weighted by molar-refractivity contribution is -0.119. The highest BCUT2D eigenvalue weighted by Gasteiger charge is 2.23. The summed E-state index contributed by atoms with van der Waals surface area (Å²) in [6, 6.07) is 8.75. The SMILES string of the molecule is C/C=C(\C=C/NC)/C=C/c1ccc(N2CCC(NC(=O)CS)C2)cc1. The molecule has 25 heavy (non-hydrogen) atoms. The van der Waals surface area contributed by atoms with Crippen LogP contribution in [0.1, 0.15) is 18.9 Å². The van der Waals surface area contributed by atoms with E-state index in [-0.39, 0.29) is 17.7 Å². The van der Waals surface area contributed by atoms with Gasteiger partial charge >= 0.3 is 0 Å². The molecule has 1 aliphatic heterocycles. The Kier molecular flexibility index (Phi) is 7.67. The third-order valence-corrected chi connectivity index (χ3v) is 4.49. The number of carbonyl (C=O) groups excluding carboxylic acids is 1. The zero-order chi connectivity index (χ0) is 18.1. The van der Waals surface area contributed by atoms with E-state index in [1.54, 1.807) is 0 Å². The van der Waals surface area contributed by atoms with Crippen molar-refractivity contribution in [2.24, 2.45) is 0 Å². The third kappa shape index (κ3) is 6.02. The minimum absolute atomic E-state index is 0.00257. The summed E-state index contributed by atoms with van der Waals surface area (Å²) in [4.78, 5) is 13.8. The smallest absolute Gasteiger partial charge is 0.230 e. The number of thiol groups is 1. The maximum Gasteiger partial charge on any atom is 0.230 e. The van der Waals surface area contributed by atoms with Crippen LogP contribution in [0.15, 0.2) is 54.3 Å². The summed E-state index contributed by atoms with van der Waals surface area (Å²) in [5, 5.41) is 6.01. The Balaban J connectivity index is 1.94. The second kappa shape index (κ2) is 9.99. The molecule has 1 saturated heterocycles. The molecule has 0 radical (unpaired) electrons. The van der Waals surface area contributed by atoms with E-state index in [0.29, 0.717) is 0 Å². The summed E-state index contributed by atoms with van der Waals surface area (Å²) < 4.78 is 0. The Morgan fingerprint density at radius 2 is 2.08 bits per heavy atom. The fourth-order valence-electron chi connectivity index (χ4n) is 2.80. The summed E-state index contributed by atoms with van der Waals surface area (Å²) in [5.74, 6) is 0.248. The van der Waals surface area contributed by atoms with E-state index in [1.165, 1.54) is 11.3 Å². The predicted octanol–water partition coefficient (Wildman–Crippen LogP) is 3.00. The van der Waals surface area contributed by atoms with E-state index in [2.05, 4.69) is 70.7 Å². The summed E-state index contributed by atoms with van der Waals surface area (Å²) in [5.41, 5.74) is 3.52. The van der Waals surface area contributed by atoms with Crippen molar-refractivity contribution in [3.05, 3.63) is 59.8 Å². The lowest BCUT2D eigenvalue weighted by atomic mass is 10.1. The first kappa shape index (κ1) is 19.2. The van der Waals surface area contributed by atoms with Gasteiger partial charge in [0.1, 0.15) is 0 Å². The van der Waals surface area contributed by atoms with Gasteiger partial charge in [0.15, 0.2) is 0 Å². The molecule has 1 atom stereocenters. The monoisotopic (exact) mass is 357 g/mol. The number of hydrogen-bond donors (Lipinski definition) is 3. The Morgan fingerprint density at radius 3 is 2.72 bits per heavy atom. The lowest BCUT2D eigenvalue weighted by Crippen LogP contribution is -2.37. The molecule has 0 bridgehead atoms. The third-order valence-electron chi connectivity index (χ3n) is 4.20. The molecule has 0 saturated carbocycles.